The summed E-state index contributed by atoms with van der Waals surface area (Å²) in [7, 11) is 0. The van der Waals surface area contributed by atoms with Gasteiger partial charge in [-0.05, 0) is 6.42 Å². The van der Waals surface area contributed by atoms with Gasteiger partial charge in [-0.25, -0.2) is 0 Å². The average Bonchev–Trinajstić information content (AvgIpc) is 2.28. The SMILES string of the molecule is CC(C)C(=O)N1CCN=CC1CC(C)(C)C(N)=O. The first-order valence-corrected chi connectivity index (χ1v) is 6.36. The molecule has 0 aromatic heterocycles. The zero-order chi connectivity index (χ0) is 13.9. The van der Waals surface area contributed by atoms with E-state index in [-0.39, 0.29) is 23.8 Å². The lowest BCUT2D eigenvalue weighted by Gasteiger charge is -2.36. The number of carbonyl (C=O) groups excluding carboxylic acids is 2. The van der Waals surface area contributed by atoms with Gasteiger partial charge in [0.2, 0.25) is 11.8 Å². The predicted molar refractivity (Wildman–Crippen MR) is 71.3 cm³/mol. The fourth-order valence-corrected chi connectivity index (χ4v) is 2.00. The second-order valence-electron chi connectivity index (χ2n) is 5.76. The maximum absolute atomic E-state index is 12.1. The van der Waals surface area contributed by atoms with E-state index in [2.05, 4.69) is 4.99 Å². The third kappa shape index (κ3) is 3.31. The quantitative estimate of drug-likeness (QED) is 0.805. The number of aliphatic imine (C=N–C) groups is 1. The van der Waals surface area contributed by atoms with E-state index in [4.69, 9.17) is 5.73 Å². The van der Waals surface area contributed by atoms with Crippen LogP contribution in [0.4, 0.5) is 0 Å². The van der Waals surface area contributed by atoms with Crippen LogP contribution in [0.3, 0.4) is 0 Å². The minimum absolute atomic E-state index is 0.0457. The van der Waals surface area contributed by atoms with Crippen molar-refractivity contribution < 1.29 is 9.59 Å². The summed E-state index contributed by atoms with van der Waals surface area (Å²) in [5, 5.41) is 0. The summed E-state index contributed by atoms with van der Waals surface area (Å²) in [6.07, 6.45) is 2.29. The highest BCUT2D eigenvalue weighted by Gasteiger charge is 2.34. The fourth-order valence-electron chi connectivity index (χ4n) is 2.00. The molecule has 5 nitrogen and oxygen atoms in total. The van der Waals surface area contributed by atoms with Gasteiger partial charge < -0.3 is 10.6 Å². The zero-order valence-corrected chi connectivity index (χ0v) is 11.6. The number of primary amides is 1. The van der Waals surface area contributed by atoms with Crippen molar-refractivity contribution in [3.8, 4) is 0 Å². The van der Waals surface area contributed by atoms with Crippen LogP contribution in [0, 0.1) is 11.3 Å². The first-order chi connectivity index (χ1) is 8.25. The van der Waals surface area contributed by atoms with Crippen LogP contribution in [-0.2, 0) is 9.59 Å². The lowest BCUT2D eigenvalue weighted by atomic mass is 9.84. The molecule has 1 unspecified atom stereocenters. The van der Waals surface area contributed by atoms with Crippen molar-refractivity contribution in [3.63, 3.8) is 0 Å². The molecule has 2 N–H and O–H groups in total. The first kappa shape index (κ1) is 14.7. The highest BCUT2D eigenvalue weighted by Crippen LogP contribution is 2.25. The highest BCUT2D eigenvalue weighted by molar-refractivity contribution is 5.84. The Hall–Kier alpha value is -1.39. The van der Waals surface area contributed by atoms with Crippen molar-refractivity contribution in [2.75, 3.05) is 13.1 Å². The molecule has 5 heteroatoms. The van der Waals surface area contributed by atoms with Crippen LogP contribution in [0.2, 0.25) is 0 Å². The van der Waals surface area contributed by atoms with E-state index in [1.54, 1.807) is 20.1 Å². The Morgan fingerprint density at radius 2 is 2.11 bits per heavy atom. The Bertz CT molecular complexity index is 361. The Morgan fingerprint density at radius 3 is 2.61 bits per heavy atom. The highest BCUT2D eigenvalue weighted by atomic mass is 16.2. The second-order valence-corrected chi connectivity index (χ2v) is 5.76. The predicted octanol–water partition coefficient (Wildman–Crippen LogP) is 0.826. The Morgan fingerprint density at radius 1 is 1.50 bits per heavy atom. The Labute approximate surface area is 108 Å². The molecular weight excluding hydrogens is 230 g/mol. The molecule has 1 aliphatic heterocycles. The molecule has 0 aromatic carbocycles. The minimum Gasteiger partial charge on any atom is -0.369 e. The van der Waals surface area contributed by atoms with Crippen molar-refractivity contribution >= 4 is 18.0 Å². The number of amides is 2. The first-order valence-electron chi connectivity index (χ1n) is 6.36. The molecule has 1 aliphatic rings. The van der Waals surface area contributed by atoms with Crippen LogP contribution in [0.1, 0.15) is 34.1 Å². The molecule has 0 saturated carbocycles. The monoisotopic (exact) mass is 253 g/mol. The van der Waals surface area contributed by atoms with Crippen molar-refractivity contribution in [1.82, 2.24) is 4.90 Å². The van der Waals surface area contributed by atoms with Gasteiger partial charge in [-0.15, -0.1) is 0 Å². The van der Waals surface area contributed by atoms with Gasteiger partial charge in [0.1, 0.15) is 0 Å². The summed E-state index contributed by atoms with van der Waals surface area (Å²) < 4.78 is 0. The molecule has 1 atom stereocenters. The summed E-state index contributed by atoms with van der Waals surface area (Å²) in [5.41, 5.74) is 4.75. The minimum atomic E-state index is -0.635. The van der Waals surface area contributed by atoms with Gasteiger partial charge in [-0.2, -0.15) is 0 Å². The summed E-state index contributed by atoms with van der Waals surface area (Å²) in [6, 6.07) is -0.129. The molecule has 0 spiro atoms. The molecule has 0 saturated heterocycles. The number of hydrogen-bond acceptors (Lipinski definition) is 3. The smallest absolute Gasteiger partial charge is 0.225 e. The van der Waals surface area contributed by atoms with E-state index in [1.807, 2.05) is 18.7 Å². The van der Waals surface area contributed by atoms with Crippen LogP contribution in [0.25, 0.3) is 0 Å². The van der Waals surface area contributed by atoms with E-state index < -0.39 is 5.41 Å². The van der Waals surface area contributed by atoms with Crippen molar-refractivity contribution in [2.45, 2.75) is 40.2 Å². The fraction of sp³-hybridized carbons (Fsp3) is 0.769. The van der Waals surface area contributed by atoms with E-state index in [0.717, 1.165) is 0 Å². The van der Waals surface area contributed by atoms with Gasteiger partial charge in [0.05, 0.1) is 12.6 Å². The van der Waals surface area contributed by atoms with Gasteiger partial charge in [0.25, 0.3) is 0 Å². The molecule has 1 rings (SSSR count). The number of hydrogen-bond donors (Lipinski definition) is 1. The Kier molecular flexibility index (Phi) is 4.48. The molecule has 102 valence electrons. The van der Waals surface area contributed by atoms with Crippen molar-refractivity contribution in [1.29, 1.82) is 0 Å². The molecule has 0 fully saturated rings. The molecule has 0 aromatic rings. The maximum atomic E-state index is 12.1. The van der Waals surface area contributed by atoms with E-state index >= 15 is 0 Å². The van der Waals surface area contributed by atoms with E-state index in [0.29, 0.717) is 19.5 Å². The van der Waals surface area contributed by atoms with Crippen LogP contribution >= 0.6 is 0 Å². The standard InChI is InChI=1S/C13H23N3O2/c1-9(2)11(17)16-6-5-15-8-10(16)7-13(3,4)12(14)18/h8-10H,5-7H2,1-4H3,(H2,14,18). The molecular formula is C13H23N3O2. The molecule has 0 aliphatic carbocycles. The van der Waals surface area contributed by atoms with Gasteiger partial charge in [0.15, 0.2) is 0 Å². The van der Waals surface area contributed by atoms with Gasteiger partial charge in [-0.3, -0.25) is 14.6 Å². The van der Waals surface area contributed by atoms with Crippen LogP contribution in [0.15, 0.2) is 4.99 Å². The number of nitrogens with two attached hydrogens (primary N) is 1. The normalized spacial score (nSPS) is 20.3. The molecule has 2 amide bonds. The van der Waals surface area contributed by atoms with Crippen LogP contribution < -0.4 is 5.73 Å². The number of rotatable bonds is 4. The lowest BCUT2D eigenvalue weighted by molar-refractivity contribution is -0.137. The summed E-state index contributed by atoms with van der Waals surface area (Å²) in [4.78, 5) is 29.5. The lowest BCUT2D eigenvalue weighted by Crippen LogP contribution is -2.50. The number of nitrogens with zero attached hydrogens (tertiary/aromatic N) is 2. The third-order valence-electron chi connectivity index (χ3n) is 3.31. The van der Waals surface area contributed by atoms with E-state index in [9.17, 15) is 9.59 Å². The molecule has 1 heterocycles. The van der Waals surface area contributed by atoms with E-state index in [1.165, 1.54) is 0 Å². The van der Waals surface area contributed by atoms with Gasteiger partial charge in [-0.1, -0.05) is 27.7 Å². The van der Waals surface area contributed by atoms with Crippen molar-refractivity contribution in [3.05, 3.63) is 0 Å². The summed E-state index contributed by atoms with van der Waals surface area (Å²) in [6.45, 7) is 8.61. The summed E-state index contributed by atoms with van der Waals surface area (Å²) in [5.74, 6) is -0.291. The maximum Gasteiger partial charge on any atom is 0.225 e. The van der Waals surface area contributed by atoms with Crippen LogP contribution in [-0.4, -0.2) is 42.1 Å². The Balaban J connectivity index is 2.84. The summed E-state index contributed by atoms with van der Waals surface area (Å²) >= 11 is 0. The van der Waals surface area contributed by atoms with Crippen LogP contribution in [0.5, 0.6) is 0 Å². The molecule has 0 radical (unpaired) electrons. The molecule has 18 heavy (non-hydrogen) atoms. The average molecular weight is 253 g/mol. The van der Waals surface area contributed by atoms with Gasteiger partial charge >= 0.3 is 0 Å². The third-order valence-corrected chi connectivity index (χ3v) is 3.31. The topological polar surface area (TPSA) is 75.8 Å². The second kappa shape index (κ2) is 5.50. The zero-order valence-electron chi connectivity index (χ0n) is 11.6. The largest absolute Gasteiger partial charge is 0.369 e. The number of carbonyl (C=O) groups is 2. The van der Waals surface area contributed by atoms with Crippen molar-refractivity contribution in [2.24, 2.45) is 22.1 Å². The van der Waals surface area contributed by atoms with Gasteiger partial charge in [0, 0.05) is 24.1 Å². The molecule has 0 bridgehead atoms.